The largest absolute Gasteiger partial charge is 0.493 e. The highest BCUT2D eigenvalue weighted by Gasteiger charge is 2.23. The third-order valence-electron chi connectivity index (χ3n) is 21.3. The first-order chi connectivity index (χ1) is 57.1. The van der Waals surface area contributed by atoms with E-state index in [2.05, 4.69) is 84.8 Å². The van der Waals surface area contributed by atoms with Crippen molar-refractivity contribution in [3.63, 3.8) is 0 Å². The molecule has 0 aliphatic rings. The Hall–Kier alpha value is -5.88. The molecule has 1 aromatic heterocycles. The highest BCUT2D eigenvalue weighted by molar-refractivity contribution is 7.94. The van der Waals surface area contributed by atoms with Gasteiger partial charge in [0.1, 0.15) is 34.5 Å². The Labute approximate surface area is 713 Å². The van der Waals surface area contributed by atoms with Gasteiger partial charge in [0.2, 0.25) is 17.8 Å². The van der Waals surface area contributed by atoms with E-state index < -0.39 is 48.5 Å². The lowest BCUT2D eigenvalue weighted by Gasteiger charge is -2.16. The third kappa shape index (κ3) is 57.1. The zero-order valence-corrected chi connectivity index (χ0v) is 76.8. The van der Waals surface area contributed by atoms with Crippen molar-refractivity contribution in [1.82, 2.24) is 15.0 Å². The molecular weight excluding hydrogens is 1530 g/mol. The number of hydrogen-bond donors (Lipinski definition) is 6. The average Bonchev–Trinajstić information content (AvgIpc) is 0.808. The molecule has 0 aliphatic heterocycles. The molecule has 117 heavy (non-hydrogen) atoms. The molecule has 4 rings (SSSR count). The summed E-state index contributed by atoms with van der Waals surface area (Å²) in [4.78, 5) is 12.7. The van der Waals surface area contributed by atoms with Gasteiger partial charge in [-0.1, -0.05) is 388 Å². The number of rotatable bonds is 84. The van der Waals surface area contributed by atoms with Gasteiger partial charge in [-0.05, 0) is 38.5 Å². The van der Waals surface area contributed by atoms with Crippen molar-refractivity contribution in [2.75, 3.05) is 68.0 Å². The fourth-order valence-electron chi connectivity index (χ4n) is 14.5. The molecule has 0 radical (unpaired) electrons. The van der Waals surface area contributed by atoms with Crippen LogP contribution in [0.2, 0.25) is 0 Å². The Kier molecular flexibility index (Phi) is 60.8. The minimum absolute atomic E-state index is 0.0913. The van der Waals surface area contributed by atoms with Gasteiger partial charge in [0.05, 0.1) is 56.7 Å². The number of benzene rings is 3. The maximum Gasteiger partial charge on any atom is 0.323 e. The van der Waals surface area contributed by atoms with Gasteiger partial charge in [0.25, 0.3) is 0 Å². The van der Waals surface area contributed by atoms with Crippen molar-refractivity contribution in [2.24, 2.45) is 0 Å². The topological polar surface area (TPSA) is 269 Å². The van der Waals surface area contributed by atoms with Crippen LogP contribution >= 0.6 is 0 Å². The first kappa shape index (κ1) is 103. The first-order valence-corrected chi connectivity index (χ1v) is 51.9. The van der Waals surface area contributed by atoms with E-state index in [1.807, 2.05) is 0 Å². The Morgan fingerprint density at radius 1 is 0.188 bits per heavy atom. The maximum atomic E-state index is 14.5. The minimum atomic E-state index is -4.74. The molecule has 0 aliphatic carbocycles. The lowest BCUT2D eigenvalue weighted by molar-refractivity contribution is 0.289. The van der Waals surface area contributed by atoms with Gasteiger partial charge < -0.3 is 28.4 Å². The summed E-state index contributed by atoms with van der Waals surface area (Å²) in [5.41, 5.74) is 0.274. The highest BCUT2D eigenvalue weighted by Crippen LogP contribution is 2.33. The number of nitrogens with one attached hydrogen (secondary N) is 6. The van der Waals surface area contributed by atoms with E-state index in [9.17, 15) is 25.3 Å². The van der Waals surface area contributed by atoms with E-state index >= 15 is 0 Å². The van der Waals surface area contributed by atoms with Crippen LogP contribution in [0.25, 0.3) is 0 Å². The van der Waals surface area contributed by atoms with E-state index in [1.165, 1.54) is 270 Å². The Balaban J connectivity index is 1.67. The molecule has 4 aromatic rings. The second kappa shape index (κ2) is 68.7. The molecule has 1 heterocycles. The van der Waals surface area contributed by atoms with Crippen molar-refractivity contribution in [2.45, 2.75) is 427 Å². The van der Waals surface area contributed by atoms with Crippen molar-refractivity contribution in [3.8, 4) is 34.5 Å². The van der Waals surface area contributed by atoms with E-state index in [4.69, 9.17) is 28.4 Å². The van der Waals surface area contributed by atoms with Gasteiger partial charge in [-0.25, -0.2) is 14.2 Å². The lowest BCUT2D eigenvalue weighted by Crippen LogP contribution is -2.27. The summed E-state index contributed by atoms with van der Waals surface area (Å²) in [6.07, 6.45) is 69.8. The van der Waals surface area contributed by atoms with Crippen molar-refractivity contribution in [3.05, 3.63) is 54.6 Å². The zero-order valence-electron chi connectivity index (χ0n) is 74.3. The quantitative estimate of drug-likeness (QED) is 0.0224. The van der Waals surface area contributed by atoms with Crippen LogP contribution in [0.15, 0.2) is 54.6 Å². The summed E-state index contributed by atoms with van der Waals surface area (Å²) in [6, 6.07) is 14.6. The van der Waals surface area contributed by atoms with Gasteiger partial charge in [-0.15, -0.1) is 0 Å². The van der Waals surface area contributed by atoms with E-state index in [0.717, 1.165) is 116 Å². The second-order valence-electron chi connectivity index (χ2n) is 32.7. The Bertz CT molecular complexity index is 2930. The number of ether oxygens (including phenoxy) is 6. The summed E-state index contributed by atoms with van der Waals surface area (Å²) < 4.78 is 139. The summed E-state index contributed by atoms with van der Waals surface area (Å²) >= 11 is 0. The molecule has 21 nitrogen and oxygen atoms in total. The summed E-state index contributed by atoms with van der Waals surface area (Å²) in [7, 11) is -14.2. The zero-order chi connectivity index (χ0) is 84.1. The summed E-state index contributed by atoms with van der Waals surface area (Å²) in [5.74, 6) is 0.167. The molecule has 0 saturated carbocycles. The highest BCUT2D eigenvalue weighted by atomic mass is 32.2. The minimum Gasteiger partial charge on any atom is -0.493 e. The average molecular weight is 1700 g/mol. The smallest absolute Gasteiger partial charge is 0.323 e. The van der Waals surface area contributed by atoms with Crippen molar-refractivity contribution in [1.29, 1.82) is 0 Å². The number of unbranched alkanes of at least 4 members (excludes halogenated alkanes) is 54. The number of nitrogens with zero attached hydrogens (tertiary/aromatic N) is 3. The van der Waals surface area contributed by atoms with Crippen LogP contribution in [0.5, 0.6) is 34.5 Å². The van der Waals surface area contributed by atoms with Crippen LogP contribution in [0.4, 0.5) is 34.9 Å². The summed E-state index contributed by atoms with van der Waals surface area (Å²) in [6.45, 7) is 15.9. The molecule has 24 heteroatoms. The molecule has 0 unspecified atom stereocenters. The molecule has 0 atom stereocenters. The lowest BCUT2D eigenvalue weighted by atomic mass is 10.1. The Morgan fingerprint density at radius 3 is 0.453 bits per heavy atom. The summed E-state index contributed by atoms with van der Waals surface area (Å²) in [5, 5.41) is 0. The van der Waals surface area contributed by atoms with Crippen molar-refractivity contribution < 1.29 is 53.7 Å². The maximum absolute atomic E-state index is 14.5. The van der Waals surface area contributed by atoms with Crippen LogP contribution in [-0.4, -0.2) is 79.8 Å². The predicted molar refractivity (Wildman–Crippen MR) is 492 cm³/mol. The second-order valence-corrected chi connectivity index (χ2v) is 36.9. The fourth-order valence-corrected chi connectivity index (χ4v) is 16.9. The molecule has 3 aromatic carbocycles. The standard InChI is InChI=1S/C93H165N9O12S3/c1-7-13-19-25-31-37-43-49-55-61-67-109-85-73-82(74-86(79-85)110-68-62-56-50-44-38-32-26-20-14-8-2)97-115(103,104)100-91-94-92(101-116(105,106)98-83-75-87(111-69-63-57-51-45-39-33-27-21-15-9-3)80-88(76-83)112-70-64-58-52-46-40-34-28-22-16-10-4)96-93(95-91)102-117(107,108)99-84-77-89(113-71-65-59-53-47-41-35-29-23-17-11-5)81-90(78-84)114-72-66-60-54-48-42-36-30-24-18-12-6/h73-81,97-99H,7-72H2,1-6H3,(H3,94,95,96,100,101,102). The number of anilines is 6. The molecule has 0 bridgehead atoms. The van der Waals surface area contributed by atoms with Crippen LogP contribution in [-0.2, 0) is 30.6 Å². The van der Waals surface area contributed by atoms with Crippen LogP contribution in [0, 0.1) is 0 Å². The van der Waals surface area contributed by atoms with Crippen molar-refractivity contribution >= 4 is 65.5 Å². The van der Waals surface area contributed by atoms with E-state index in [1.54, 1.807) is 54.6 Å². The number of hydrogen-bond acceptors (Lipinski definition) is 15. The van der Waals surface area contributed by atoms with E-state index in [0.29, 0.717) is 74.1 Å². The SMILES string of the molecule is CCCCCCCCCCCCOc1cc(NS(=O)(=O)Nc2nc(NS(=O)(=O)Nc3cc(OCCCCCCCCCCCC)cc(OCCCCCCCCCCCC)c3)nc(NS(=O)(=O)Nc3cc(OCCCCCCCCCCCC)cc(OCCCCCCCCCCCC)c3)n2)cc(OCCCCCCCCCCCC)c1. The molecule has 0 amide bonds. The molecule has 6 N–H and O–H groups in total. The number of aromatic nitrogens is 3. The molecular formula is C93H165N9O12S3. The van der Waals surface area contributed by atoms with Gasteiger partial charge in [-0.3, -0.25) is 14.2 Å². The monoisotopic (exact) mass is 1700 g/mol. The van der Waals surface area contributed by atoms with Gasteiger partial charge in [0, 0.05) is 54.6 Å². The van der Waals surface area contributed by atoms with Crippen LogP contribution < -0.4 is 56.8 Å². The Morgan fingerprint density at radius 2 is 0.316 bits per heavy atom. The third-order valence-corrected chi connectivity index (χ3v) is 24.2. The van der Waals surface area contributed by atoms with E-state index in [-0.39, 0.29) is 17.1 Å². The predicted octanol–water partition coefficient (Wildman–Crippen LogP) is 28.0. The van der Waals surface area contributed by atoms with Crippen LogP contribution in [0.3, 0.4) is 0 Å². The van der Waals surface area contributed by atoms with Crippen LogP contribution in [0.1, 0.15) is 427 Å². The molecule has 672 valence electrons. The molecule has 0 fully saturated rings. The normalized spacial score (nSPS) is 11.7. The molecule has 0 spiro atoms. The first-order valence-electron chi connectivity index (χ1n) is 47.5. The van der Waals surface area contributed by atoms with Gasteiger partial charge in [-0.2, -0.15) is 40.2 Å². The van der Waals surface area contributed by atoms with Gasteiger partial charge >= 0.3 is 30.6 Å². The molecule has 0 saturated heterocycles. The fraction of sp³-hybridized carbons (Fsp3) is 0.774. The van der Waals surface area contributed by atoms with Gasteiger partial charge in [0.15, 0.2) is 0 Å².